The fourth-order valence-electron chi connectivity index (χ4n) is 2.08. The molecule has 0 saturated carbocycles. The maximum absolute atomic E-state index is 10.8. The van der Waals surface area contributed by atoms with Crippen LogP contribution in [-0.2, 0) is 6.42 Å². The van der Waals surface area contributed by atoms with Gasteiger partial charge in [0.25, 0.3) is 5.69 Å². The van der Waals surface area contributed by atoms with E-state index in [4.69, 9.17) is 11.6 Å². The van der Waals surface area contributed by atoms with Crippen molar-refractivity contribution in [2.45, 2.75) is 19.8 Å². The van der Waals surface area contributed by atoms with Crippen molar-refractivity contribution in [3.63, 3.8) is 0 Å². The average Bonchev–Trinajstić information content (AvgIpc) is 2.46. The van der Waals surface area contributed by atoms with E-state index < -0.39 is 4.92 Å². The summed E-state index contributed by atoms with van der Waals surface area (Å²) in [5, 5.41) is 14.4. The SMILES string of the molecule is Cc1cc([N+](=O)[O-])cc(Cl)c1NCCCc1ccccn1. The molecule has 1 heterocycles. The fraction of sp³-hybridized carbons (Fsp3) is 0.267. The number of rotatable bonds is 6. The number of hydrogen-bond acceptors (Lipinski definition) is 4. The molecular formula is C15H16ClN3O2. The summed E-state index contributed by atoms with van der Waals surface area (Å²) in [5.74, 6) is 0. The molecule has 6 heteroatoms. The van der Waals surface area contributed by atoms with Crippen molar-refractivity contribution in [1.82, 2.24) is 4.98 Å². The van der Waals surface area contributed by atoms with Crippen molar-refractivity contribution < 1.29 is 4.92 Å². The van der Waals surface area contributed by atoms with Crippen LogP contribution in [0.2, 0.25) is 5.02 Å². The van der Waals surface area contributed by atoms with Crippen LogP contribution >= 0.6 is 11.6 Å². The Morgan fingerprint density at radius 1 is 1.38 bits per heavy atom. The predicted octanol–water partition coefficient (Wildman–Crippen LogP) is 4.00. The van der Waals surface area contributed by atoms with Gasteiger partial charge in [0.15, 0.2) is 0 Å². The number of nitrogens with zero attached hydrogens (tertiary/aromatic N) is 2. The van der Waals surface area contributed by atoms with Gasteiger partial charge in [-0.3, -0.25) is 15.1 Å². The second-order valence-corrected chi connectivity index (χ2v) is 5.14. The lowest BCUT2D eigenvalue weighted by Crippen LogP contribution is -2.06. The Balaban J connectivity index is 1.93. The largest absolute Gasteiger partial charge is 0.384 e. The third-order valence-corrected chi connectivity index (χ3v) is 3.42. The summed E-state index contributed by atoms with van der Waals surface area (Å²) < 4.78 is 0. The molecule has 0 aliphatic carbocycles. The fourth-order valence-corrected chi connectivity index (χ4v) is 2.41. The molecule has 0 aliphatic rings. The van der Waals surface area contributed by atoms with Gasteiger partial charge in [0.05, 0.1) is 15.6 Å². The van der Waals surface area contributed by atoms with Crippen molar-refractivity contribution in [1.29, 1.82) is 0 Å². The third kappa shape index (κ3) is 4.16. The van der Waals surface area contributed by atoms with E-state index in [0.717, 1.165) is 36.3 Å². The highest BCUT2D eigenvalue weighted by atomic mass is 35.5. The molecular weight excluding hydrogens is 290 g/mol. The van der Waals surface area contributed by atoms with Crippen molar-refractivity contribution in [3.8, 4) is 0 Å². The van der Waals surface area contributed by atoms with E-state index in [9.17, 15) is 10.1 Å². The van der Waals surface area contributed by atoms with Crippen LogP contribution in [0.5, 0.6) is 0 Å². The van der Waals surface area contributed by atoms with Crippen molar-refractivity contribution in [3.05, 3.63) is 62.9 Å². The van der Waals surface area contributed by atoms with Crippen LogP contribution in [0.4, 0.5) is 11.4 Å². The molecule has 2 aromatic rings. The molecule has 0 fully saturated rings. The minimum Gasteiger partial charge on any atom is -0.384 e. The zero-order chi connectivity index (χ0) is 15.2. The van der Waals surface area contributed by atoms with E-state index in [-0.39, 0.29) is 5.69 Å². The van der Waals surface area contributed by atoms with Crippen LogP contribution in [0.1, 0.15) is 17.7 Å². The molecule has 2 rings (SSSR count). The summed E-state index contributed by atoms with van der Waals surface area (Å²) in [5.41, 5.74) is 2.58. The van der Waals surface area contributed by atoms with Crippen molar-refractivity contribution in [2.24, 2.45) is 0 Å². The van der Waals surface area contributed by atoms with Gasteiger partial charge in [0.1, 0.15) is 0 Å². The quantitative estimate of drug-likeness (QED) is 0.497. The van der Waals surface area contributed by atoms with Gasteiger partial charge < -0.3 is 5.32 Å². The molecule has 1 N–H and O–H groups in total. The Kier molecular flexibility index (Phi) is 5.11. The van der Waals surface area contributed by atoms with Crippen LogP contribution in [0.15, 0.2) is 36.5 Å². The maximum Gasteiger partial charge on any atom is 0.271 e. The number of aryl methyl sites for hydroxylation is 2. The second kappa shape index (κ2) is 7.04. The number of nitrogens with one attached hydrogen (secondary N) is 1. The topological polar surface area (TPSA) is 68.1 Å². The molecule has 1 aromatic carbocycles. The molecule has 0 bridgehead atoms. The van der Waals surface area contributed by atoms with E-state index >= 15 is 0 Å². The smallest absolute Gasteiger partial charge is 0.271 e. The highest BCUT2D eigenvalue weighted by Gasteiger charge is 2.12. The Labute approximate surface area is 128 Å². The summed E-state index contributed by atoms with van der Waals surface area (Å²) in [6.07, 6.45) is 3.56. The van der Waals surface area contributed by atoms with Crippen LogP contribution in [0.3, 0.4) is 0 Å². The van der Waals surface area contributed by atoms with Gasteiger partial charge >= 0.3 is 0 Å². The van der Waals surface area contributed by atoms with E-state index in [1.807, 2.05) is 18.2 Å². The number of aromatic nitrogens is 1. The summed E-state index contributed by atoms with van der Waals surface area (Å²) in [6.45, 7) is 2.54. The molecule has 5 nitrogen and oxygen atoms in total. The molecule has 1 aromatic heterocycles. The maximum atomic E-state index is 10.8. The number of benzene rings is 1. The lowest BCUT2D eigenvalue weighted by Gasteiger charge is -2.11. The minimum atomic E-state index is -0.441. The monoisotopic (exact) mass is 305 g/mol. The normalized spacial score (nSPS) is 10.4. The predicted molar refractivity (Wildman–Crippen MR) is 83.9 cm³/mol. The van der Waals surface area contributed by atoms with Crippen LogP contribution < -0.4 is 5.32 Å². The number of hydrogen-bond donors (Lipinski definition) is 1. The highest BCUT2D eigenvalue weighted by molar-refractivity contribution is 6.33. The first-order valence-electron chi connectivity index (χ1n) is 6.66. The van der Waals surface area contributed by atoms with E-state index in [0.29, 0.717) is 5.02 Å². The standard InChI is InChI=1S/C15H16ClN3O2/c1-11-9-13(19(20)21)10-14(16)15(11)18-8-4-6-12-5-2-3-7-17-12/h2-3,5,7,9-10,18H,4,6,8H2,1H3. The Hall–Kier alpha value is -2.14. The van der Waals surface area contributed by atoms with Crippen LogP contribution in [0.25, 0.3) is 0 Å². The van der Waals surface area contributed by atoms with Gasteiger partial charge in [0.2, 0.25) is 0 Å². The second-order valence-electron chi connectivity index (χ2n) is 4.73. The van der Waals surface area contributed by atoms with Crippen molar-refractivity contribution in [2.75, 3.05) is 11.9 Å². The average molecular weight is 306 g/mol. The molecule has 110 valence electrons. The molecule has 0 amide bonds. The molecule has 0 aliphatic heterocycles. The number of nitro groups is 1. The molecule has 0 atom stereocenters. The summed E-state index contributed by atoms with van der Waals surface area (Å²) in [6, 6.07) is 8.74. The van der Waals surface area contributed by atoms with Gasteiger partial charge in [-0.05, 0) is 37.5 Å². The van der Waals surface area contributed by atoms with Gasteiger partial charge in [-0.25, -0.2) is 0 Å². The number of pyridine rings is 1. The zero-order valence-corrected chi connectivity index (χ0v) is 12.4. The highest BCUT2D eigenvalue weighted by Crippen LogP contribution is 2.30. The summed E-state index contributed by atoms with van der Waals surface area (Å²) >= 11 is 6.10. The molecule has 0 spiro atoms. The number of nitro benzene ring substituents is 1. The minimum absolute atomic E-state index is 0.0107. The lowest BCUT2D eigenvalue weighted by atomic mass is 10.1. The van der Waals surface area contributed by atoms with Gasteiger partial charge in [0, 0.05) is 30.6 Å². The first kappa shape index (κ1) is 15.3. The van der Waals surface area contributed by atoms with Gasteiger partial charge in [-0.2, -0.15) is 0 Å². The number of halogens is 1. The zero-order valence-electron chi connectivity index (χ0n) is 11.7. The summed E-state index contributed by atoms with van der Waals surface area (Å²) in [4.78, 5) is 14.6. The number of anilines is 1. The molecule has 0 saturated heterocycles. The van der Waals surface area contributed by atoms with Gasteiger partial charge in [-0.15, -0.1) is 0 Å². The summed E-state index contributed by atoms with van der Waals surface area (Å²) in [7, 11) is 0. The van der Waals surface area contributed by atoms with Crippen LogP contribution in [0, 0.1) is 17.0 Å². The Morgan fingerprint density at radius 3 is 2.81 bits per heavy atom. The molecule has 0 radical (unpaired) electrons. The first-order chi connectivity index (χ1) is 10.1. The van der Waals surface area contributed by atoms with Crippen LogP contribution in [-0.4, -0.2) is 16.5 Å². The van der Waals surface area contributed by atoms with Crippen molar-refractivity contribution >= 4 is 23.0 Å². The number of non-ortho nitro benzene ring substituents is 1. The van der Waals surface area contributed by atoms with E-state index in [2.05, 4.69) is 10.3 Å². The first-order valence-corrected chi connectivity index (χ1v) is 7.04. The lowest BCUT2D eigenvalue weighted by molar-refractivity contribution is -0.384. The Bertz CT molecular complexity index is 609. The Morgan fingerprint density at radius 2 is 2.19 bits per heavy atom. The van der Waals surface area contributed by atoms with E-state index in [1.54, 1.807) is 13.1 Å². The molecule has 0 unspecified atom stereocenters. The third-order valence-electron chi connectivity index (χ3n) is 3.12. The van der Waals surface area contributed by atoms with E-state index in [1.165, 1.54) is 12.1 Å². The molecule has 21 heavy (non-hydrogen) atoms. The van der Waals surface area contributed by atoms with Gasteiger partial charge in [-0.1, -0.05) is 17.7 Å².